The van der Waals surface area contributed by atoms with Gasteiger partial charge in [0, 0.05) is 29.6 Å². The number of ether oxygens (including phenoxy) is 1. The molecule has 0 amide bonds. The van der Waals surface area contributed by atoms with E-state index in [0.29, 0.717) is 12.3 Å². The van der Waals surface area contributed by atoms with E-state index in [4.69, 9.17) is 10.5 Å². The van der Waals surface area contributed by atoms with Gasteiger partial charge in [-0.05, 0) is 37.6 Å². The fourth-order valence-electron chi connectivity index (χ4n) is 2.55. The molecule has 2 aromatic carbocycles. The molecule has 0 spiro atoms. The summed E-state index contributed by atoms with van der Waals surface area (Å²) in [7, 11) is 0. The van der Waals surface area contributed by atoms with Crippen LogP contribution in [0.15, 0.2) is 60.8 Å². The number of aromatic nitrogens is 2. The number of nitrogens with zero attached hydrogens (tertiary/aromatic N) is 2. The van der Waals surface area contributed by atoms with E-state index in [-0.39, 0.29) is 6.04 Å². The van der Waals surface area contributed by atoms with Crippen molar-refractivity contribution in [3.63, 3.8) is 0 Å². The van der Waals surface area contributed by atoms with E-state index in [1.54, 1.807) is 0 Å². The molecule has 0 bridgehead atoms. The van der Waals surface area contributed by atoms with Crippen LogP contribution in [0.25, 0.3) is 11.3 Å². The maximum Gasteiger partial charge on any atom is 0.122 e. The van der Waals surface area contributed by atoms with E-state index in [0.717, 1.165) is 22.6 Å². The van der Waals surface area contributed by atoms with Crippen LogP contribution in [-0.2, 0) is 6.61 Å². The SMILES string of the molecule is CC(C)n1nccc1-c1cc(N)cc(OCc2ccccc2)c1. The maximum absolute atomic E-state index is 6.05. The van der Waals surface area contributed by atoms with Crippen LogP contribution in [0.5, 0.6) is 5.75 Å². The summed E-state index contributed by atoms with van der Waals surface area (Å²) in [6.07, 6.45) is 1.81. The second-order valence-electron chi connectivity index (χ2n) is 5.82. The van der Waals surface area contributed by atoms with Crippen LogP contribution in [0.1, 0.15) is 25.5 Å². The molecule has 4 nitrogen and oxygen atoms in total. The minimum atomic E-state index is 0.287. The first kappa shape index (κ1) is 15.2. The van der Waals surface area contributed by atoms with Gasteiger partial charge in [0.15, 0.2) is 0 Å². The highest BCUT2D eigenvalue weighted by molar-refractivity contribution is 5.67. The van der Waals surface area contributed by atoms with Gasteiger partial charge in [-0.2, -0.15) is 5.10 Å². The molecule has 0 saturated heterocycles. The van der Waals surface area contributed by atoms with Crippen LogP contribution < -0.4 is 10.5 Å². The van der Waals surface area contributed by atoms with E-state index >= 15 is 0 Å². The summed E-state index contributed by atoms with van der Waals surface area (Å²) in [6, 6.07) is 18.2. The van der Waals surface area contributed by atoms with Crippen LogP contribution in [0, 0.1) is 0 Å². The highest BCUT2D eigenvalue weighted by Crippen LogP contribution is 2.29. The molecular formula is C19H21N3O. The first-order valence-corrected chi connectivity index (χ1v) is 7.74. The molecule has 0 aliphatic carbocycles. The zero-order valence-electron chi connectivity index (χ0n) is 13.4. The lowest BCUT2D eigenvalue weighted by Gasteiger charge is -2.13. The molecule has 0 fully saturated rings. The van der Waals surface area contributed by atoms with Crippen molar-refractivity contribution in [1.29, 1.82) is 0 Å². The Bertz CT molecular complexity index is 778. The van der Waals surface area contributed by atoms with Gasteiger partial charge < -0.3 is 10.5 Å². The first-order chi connectivity index (χ1) is 11.1. The minimum absolute atomic E-state index is 0.287. The van der Waals surface area contributed by atoms with E-state index in [1.807, 2.05) is 65.5 Å². The van der Waals surface area contributed by atoms with Crippen molar-refractivity contribution in [3.8, 4) is 17.0 Å². The zero-order valence-corrected chi connectivity index (χ0v) is 13.4. The molecular weight excluding hydrogens is 286 g/mol. The van der Waals surface area contributed by atoms with E-state index in [1.165, 1.54) is 0 Å². The minimum Gasteiger partial charge on any atom is -0.489 e. The predicted molar refractivity (Wildman–Crippen MR) is 93.2 cm³/mol. The Morgan fingerprint density at radius 1 is 1.09 bits per heavy atom. The van der Waals surface area contributed by atoms with Gasteiger partial charge >= 0.3 is 0 Å². The predicted octanol–water partition coefficient (Wildman–Crippen LogP) is 4.29. The number of hydrogen-bond donors (Lipinski definition) is 1. The van der Waals surface area contributed by atoms with Crippen molar-refractivity contribution in [1.82, 2.24) is 9.78 Å². The summed E-state index contributed by atoms with van der Waals surface area (Å²) in [5, 5.41) is 4.38. The molecule has 0 aliphatic rings. The topological polar surface area (TPSA) is 53.1 Å². The smallest absolute Gasteiger partial charge is 0.122 e. The van der Waals surface area contributed by atoms with Crippen molar-refractivity contribution < 1.29 is 4.74 Å². The van der Waals surface area contributed by atoms with Crippen molar-refractivity contribution in [2.24, 2.45) is 0 Å². The molecule has 2 N–H and O–H groups in total. The lowest BCUT2D eigenvalue weighted by Crippen LogP contribution is -2.05. The summed E-state index contributed by atoms with van der Waals surface area (Å²) in [5.74, 6) is 0.764. The van der Waals surface area contributed by atoms with Crippen LogP contribution in [0.3, 0.4) is 0 Å². The molecule has 4 heteroatoms. The molecule has 3 aromatic rings. The van der Waals surface area contributed by atoms with Crippen LogP contribution in [0.2, 0.25) is 0 Å². The van der Waals surface area contributed by atoms with Crippen LogP contribution >= 0.6 is 0 Å². The third-order valence-corrected chi connectivity index (χ3v) is 3.63. The standard InChI is InChI=1S/C19H21N3O/c1-14(2)22-19(8-9-21-22)16-10-17(20)12-18(11-16)23-13-15-6-4-3-5-7-15/h3-12,14H,13,20H2,1-2H3. The molecule has 118 valence electrons. The highest BCUT2D eigenvalue weighted by Gasteiger charge is 2.10. The molecule has 23 heavy (non-hydrogen) atoms. The number of hydrogen-bond acceptors (Lipinski definition) is 3. The molecule has 0 aliphatic heterocycles. The molecule has 1 aromatic heterocycles. The Hall–Kier alpha value is -2.75. The summed E-state index contributed by atoms with van der Waals surface area (Å²) in [5.41, 5.74) is 9.91. The van der Waals surface area contributed by atoms with Crippen molar-refractivity contribution in [2.45, 2.75) is 26.5 Å². The van der Waals surface area contributed by atoms with Crippen LogP contribution in [-0.4, -0.2) is 9.78 Å². The lowest BCUT2D eigenvalue weighted by atomic mass is 10.1. The van der Waals surface area contributed by atoms with Gasteiger partial charge in [0.25, 0.3) is 0 Å². The number of anilines is 1. The maximum atomic E-state index is 6.05. The van der Waals surface area contributed by atoms with Gasteiger partial charge in [-0.15, -0.1) is 0 Å². The van der Waals surface area contributed by atoms with Gasteiger partial charge in [-0.3, -0.25) is 4.68 Å². The van der Waals surface area contributed by atoms with Gasteiger partial charge in [0.05, 0.1) is 5.69 Å². The summed E-state index contributed by atoms with van der Waals surface area (Å²) < 4.78 is 7.88. The van der Waals surface area contributed by atoms with Gasteiger partial charge in [-0.25, -0.2) is 0 Å². The second kappa shape index (κ2) is 6.57. The van der Waals surface area contributed by atoms with Crippen molar-refractivity contribution in [2.75, 3.05) is 5.73 Å². The molecule has 1 heterocycles. The molecule has 0 saturated carbocycles. The molecule has 0 atom stereocenters. The molecule has 0 radical (unpaired) electrons. The van der Waals surface area contributed by atoms with Crippen molar-refractivity contribution in [3.05, 3.63) is 66.4 Å². The largest absolute Gasteiger partial charge is 0.489 e. The van der Waals surface area contributed by atoms with Gasteiger partial charge in [0.2, 0.25) is 0 Å². The van der Waals surface area contributed by atoms with E-state index in [9.17, 15) is 0 Å². The highest BCUT2D eigenvalue weighted by atomic mass is 16.5. The Labute approximate surface area is 136 Å². The fourth-order valence-corrected chi connectivity index (χ4v) is 2.55. The Balaban J connectivity index is 1.86. The number of benzene rings is 2. The molecule has 3 rings (SSSR count). The Kier molecular flexibility index (Phi) is 4.33. The van der Waals surface area contributed by atoms with E-state index in [2.05, 4.69) is 18.9 Å². The summed E-state index contributed by atoms with van der Waals surface area (Å²) >= 11 is 0. The normalized spacial score (nSPS) is 10.9. The average Bonchev–Trinajstić information content (AvgIpc) is 3.03. The van der Waals surface area contributed by atoms with E-state index < -0.39 is 0 Å². The first-order valence-electron chi connectivity index (χ1n) is 7.74. The Morgan fingerprint density at radius 3 is 2.61 bits per heavy atom. The van der Waals surface area contributed by atoms with Gasteiger partial charge in [-0.1, -0.05) is 30.3 Å². The zero-order chi connectivity index (χ0) is 16.2. The fraction of sp³-hybridized carbons (Fsp3) is 0.211. The van der Waals surface area contributed by atoms with Crippen molar-refractivity contribution >= 4 is 5.69 Å². The third-order valence-electron chi connectivity index (χ3n) is 3.63. The number of nitrogen functional groups attached to an aromatic ring is 1. The average molecular weight is 307 g/mol. The molecule has 0 unspecified atom stereocenters. The van der Waals surface area contributed by atoms with Crippen LogP contribution in [0.4, 0.5) is 5.69 Å². The Morgan fingerprint density at radius 2 is 1.87 bits per heavy atom. The second-order valence-corrected chi connectivity index (χ2v) is 5.82. The monoisotopic (exact) mass is 307 g/mol. The number of rotatable bonds is 5. The number of nitrogens with two attached hydrogens (primary N) is 1. The summed E-state index contributed by atoms with van der Waals surface area (Å²) in [6.45, 7) is 4.73. The quantitative estimate of drug-likeness (QED) is 0.715. The van der Waals surface area contributed by atoms with Gasteiger partial charge in [0.1, 0.15) is 12.4 Å². The summed E-state index contributed by atoms with van der Waals surface area (Å²) in [4.78, 5) is 0. The third kappa shape index (κ3) is 3.54. The lowest BCUT2D eigenvalue weighted by molar-refractivity contribution is 0.306.